The van der Waals surface area contributed by atoms with Crippen molar-refractivity contribution in [1.82, 2.24) is 14.8 Å². The fourth-order valence-electron chi connectivity index (χ4n) is 1.98. The molecule has 0 aliphatic rings. The van der Waals surface area contributed by atoms with Crippen LogP contribution in [0.2, 0.25) is 0 Å². The molecule has 0 saturated carbocycles. The quantitative estimate of drug-likeness (QED) is 0.814. The van der Waals surface area contributed by atoms with Gasteiger partial charge in [0.05, 0.1) is 0 Å². The maximum Gasteiger partial charge on any atom is 0.296 e. The summed E-state index contributed by atoms with van der Waals surface area (Å²) in [5.74, 6) is 0.939. The summed E-state index contributed by atoms with van der Waals surface area (Å²) in [7, 11) is 1.47. The normalized spacial score (nSPS) is 12.1. The molecular formula is C13H16ClN3O2S. The third-order valence-corrected chi connectivity index (χ3v) is 4.24. The molecule has 0 aliphatic carbocycles. The second-order valence-electron chi connectivity index (χ2n) is 4.76. The zero-order chi connectivity index (χ0) is 14.9. The highest BCUT2D eigenvalue weighted by Gasteiger charge is 2.22. The lowest BCUT2D eigenvalue weighted by Crippen LogP contribution is -2.06. The molecule has 0 unspecified atom stereocenters. The minimum absolute atomic E-state index is 0.218. The molecule has 0 atom stereocenters. The first-order valence-corrected chi connectivity index (χ1v) is 8.63. The van der Waals surface area contributed by atoms with Crippen LogP contribution >= 0.6 is 10.7 Å². The highest BCUT2D eigenvalue weighted by molar-refractivity contribution is 8.13. The molecule has 0 amide bonds. The SMILES string of the molecule is CCn1c(-c2ccc(C(C)C)cc2)nnc1S(=O)(=O)Cl. The number of hydrogen-bond acceptors (Lipinski definition) is 4. The smallest absolute Gasteiger partial charge is 0.296 e. The molecule has 2 rings (SSSR count). The molecule has 1 aromatic carbocycles. The van der Waals surface area contributed by atoms with Crippen LogP contribution < -0.4 is 0 Å². The Morgan fingerprint density at radius 3 is 2.25 bits per heavy atom. The summed E-state index contributed by atoms with van der Waals surface area (Å²) in [6.45, 7) is 6.47. The van der Waals surface area contributed by atoms with Crippen molar-refractivity contribution in [3.05, 3.63) is 29.8 Å². The Hall–Kier alpha value is -1.40. The van der Waals surface area contributed by atoms with Crippen LogP contribution in [0.3, 0.4) is 0 Å². The van der Waals surface area contributed by atoms with E-state index in [1.807, 2.05) is 31.2 Å². The second kappa shape index (κ2) is 5.54. The van der Waals surface area contributed by atoms with E-state index in [1.54, 1.807) is 0 Å². The van der Waals surface area contributed by atoms with E-state index in [-0.39, 0.29) is 5.16 Å². The van der Waals surface area contributed by atoms with E-state index in [0.29, 0.717) is 18.3 Å². The van der Waals surface area contributed by atoms with Crippen LogP contribution in [0.25, 0.3) is 11.4 Å². The van der Waals surface area contributed by atoms with Gasteiger partial charge >= 0.3 is 0 Å². The summed E-state index contributed by atoms with van der Waals surface area (Å²) in [6.07, 6.45) is 0. The van der Waals surface area contributed by atoms with Crippen molar-refractivity contribution in [2.24, 2.45) is 0 Å². The molecule has 108 valence electrons. The highest BCUT2D eigenvalue weighted by Crippen LogP contribution is 2.24. The largest absolute Gasteiger partial charge is 0.297 e. The molecule has 0 aliphatic heterocycles. The average Bonchev–Trinajstić information content (AvgIpc) is 2.82. The highest BCUT2D eigenvalue weighted by atomic mass is 35.7. The number of aromatic nitrogens is 3. The van der Waals surface area contributed by atoms with E-state index in [1.165, 1.54) is 10.1 Å². The zero-order valence-corrected chi connectivity index (χ0v) is 13.1. The molecule has 7 heteroatoms. The lowest BCUT2D eigenvalue weighted by atomic mass is 10.0. The number of benzene rings is 1. The van der Waals surface area contributed by atoms with Crippen molar-refractivity contribution in [1.29, 1.82) is 0 Å². The summed E-state index contributed by atoms with van der Waals surface area (Å²) >= 11 is 0. The van der Waals surface area contributed by atoms with Crippen LogP contribution in [0.1, 0.15) is 32.3 Å². The molecule has 0 fully saturated rings. The molecule has 5 nitrogen and oxygen atoms in total. The summed E-state index contributed by atoms with van der Waals surface area (Å²) < 4.78 is 24.4. The Labute approximate surface area is 123 Å². The van der Waals surface area contributed by atoms with Gasteiger partial charge in [-0.3, -0.25) is 4.57 Å². The maximum absolute atomic E-state index is 11.4. The molecule has 0 bridgehead atoms. The Morgan fingerprint density at radius 1 is 1.20 bits per heavy atom. The van der Waals surface area contributed by atoms with Crippen molar-refractivity contribution >= 4 is 19.7 Å². The Kier molecular flexibility index (Phi) is 4.15. The average molecular weight is 314 g/mol. The van der Waals surface area contributed by atoms with Crippen molar-refractivity contribution in [2.75, 3.05) is 0 Å². The zero-order valence-electron chi connectivity index (χ0n) is 11.5. The number of hydrogen-bond donors (Lipinski definition) is 0. The van der Waals surface area contributed by atoms with Gasteiger partial charge in [-0.15, -0.1) is 10.2 Å². The second-order valence-corrected chi connectivity index (χ2v) is 7.22. The Morgan fingerprint density at radius 2 is 1.80 bits per heavy atom. The van der Waals surface area contributed by atoms with Crippen molar-refractivity contribution < 1.29 is 8.42 Å². The van der Waals surface area contributed by atoms with E-state index >= 15 is 0 Å². The third kappa shape index (κ3) is 2.86. The molecule has 0 spiro atoms. The fourth-order valence-corrected chi connectivity index (χ4v) is 2.94. The van der Waals surface area contributed by atoms with Crippen LogP contribution in [-0.4, -0.2) is 23.2 Å². The first-order valence-electron chi connectivity index (χ1n) is 6.32. The van der Waals surface area contributed by atoms with E-state index in [2.05, 4.69) is 24.0 Å². The lowest BCUT2D eigenvalue weighted by molar-refractivity contribution is 0.583. The number of rotatable bonds is 4. The molecule has 0 saturated heterocycles. The van der Waals surface area contributed by atoms with Crippen molar-refractivity contribution in [3.63, 3.8) is 0 Å². The summed E-state index contributed by atoms with van der Waals surface area (Å²) in [4.78, 5) is 0. The van der Waals surface area contributed by atoms with Gasteiger partial charge in [0.25, 0.3) is 14.2 Å². The van der Waals surface area contributed by atoms with Crippen LogP contribution in [0.15, 0.2) is 29.4 Å². The molecular weight excluding hydrogens is 298 g/mol. The van der Waals surface area contributed by atoms with Gasteiger partial charge in [-0.2, -0.15) is 0 Å². The fraction of sp³-hybridized carbons (Fsp3) is 0.385. The minimum atomic E-state index is -3.89. The number of nitrogens with zero attached hydrogens (tertiary/aromatic N) is 3. The predicted molar refractivity (Wildman–Crippen MR) is 78.3 cm³/mol. The molecule has 20 heavy (non-hydrogen) atoms. The van der Waals surface area contributed by atoms with Gasteiger partial charge in [-0.05, 0) is 18.4 Å². The first-order chi connectivity index (χ1) is 9.34. The standard InChI is InChI=1S/C13H16ClN3O2S/c1-4-17-12(15-16-13(17)20(14,18)19)11-7-5-10(6-8-11)9(2)3/h5-9H,4H2,1-3H3. The topological polar surface area (TPSA) is 64.8 Å². The van der Waals surface area contributed by atoms with Gasteiger partial charge in [0.15, 0.2) is 5.82 Å². The van der Waals surface area contributed by atoms with Crippen molar-refractivity contribution in [2.45, 2.75) is 38.4 Å². The summed E-state index contributed by atoms with van der Waals surface area (Å²) in [5.41, 5.74) is 2.02. The van der Waals surface area contributed by atoms with Gasteiger partial charge in [0.2, 0.25) is 0 Å². The van der Waals surface area contributed by atoms with Crippen molar-refractivity contribution in [3.8, 4) is 11.4 Å². The Balaban J connectivity index is 2.51. The van der Waals surface area contributed by atoms with E-state index in [9.17, 15) is 8.42 Å². The van der Waals surface area contributed by atoms with Gasteiger partial charge in [-0.25, -0.2) is 8.42 Å². The van der Waals surface area contributed by atoms with Gasteiger partial charge in [0.1, 0.15) is 0 Å². The van der Waals surface area contributed by atoms with Gasteiger partial charge in [0, 0.05) is 22.8 Å². The maximum atomic E-state index is 11.4. The minimum Gasteiger partial charge on any atom is -0.297 e. The summed E-state index contributed by atoms with van der Waals surface area (Å²) in [5, 5.41) is 7.41. The van der Waals surface area contributed by atoms with E-state index in [4.69, 9.17) is 10.7 Å². The van der Waals surface area contributed by atoms with E-state index < -0.39 is 9.05 Å². The molecule has 0 radical (unpaired) electrons. The molecule has 1 heterocycles. The van der Waals surface area contributed by atoms with E-state index in [0.717, 1.165) is 5.56 Å². The first kappa shape index (κ1) is 15.0. The summed E-state index contributed by atoms with van der Waals surface area (Å²) in [6, 6.07) is 7.83. The lowest BCUT2D eigenvalue weighted by Gasteiger charge is -2.08. The third-order valence-electron chi connectivity index (χ3n) is 3.09. The van der Waals surface area contributed by atoms with Gasteiger partial charge < -0.3 is 0 Å². The molecule has 1 aromatic heterocycles. The predicted octanol–water partition coefficient (Wildman–Crippen LogP) is 3.02. The van der Waals surface area contributed by atoms with Gasteiger partial charge in [-0.1, -0.05) is 38.1 Å². The van der Waals surface area contributed by atoms with Crippen LogP contribution in [0.4, 0.5) is 0 Å². The molecule has 2 aromatic rings. The van der Waals surface area contributed by atoms with Crippen LogP contribution in [0.5, 0.6) is 0 Å². The number of halogens is 1. The van der Waals surface area contributed by atoms with Crippen LogP contribution in [0, 0.1) is 0 Å². The Bertz CT molecular complexity index is 706. The molecule has 0 N–H and O–H groups in total. The monoisotopic (exact) mass is 313 g/mol. The van der Waals surface area contributed by atoms with Crippen LogP contribution in [-0.2, 0) is 15.6 Å².